The molecule has 0 aromatic heterocycles. The Bertz CT molecular complexity index is 1640. The van der Waals surface area contributed by atoms with Gasteiger partial charge >= 0.3 is 5.97 Å². The first-order valence-electron chi connectivity index (χ1n) is 19.5. The third-order valence-electron chi connectivity index (χ3n) is 11.2. The van der Waals surface area contributed by atoms with Crippen LogP contribution in [0.5, 0.6) is 0 Å². The van der Waals surface area contributed by atoms with Crippen LogP contribution < -0.4 is 15.1 Å². The summed E-state index contributed by atoms with van der Waals surface area (Å²) in [6.07, 6.45) is 3.89. The lowest BCUT2D eigenvalue weighted by Gasteiger charge is -2.39. The Balaban J connectivity index is 1.52. The van der Waals surface area contributed by atoms with Crippen molar-refractivity contribution in [1.82, 2.24) is 10.2 Å². The van der Waals surface area contributed by atoms with Gasteiger partial charge in [-0.05, 0) is 82.2 Å². The molecule has 3 aliphatic rings. The number of likely N-dealkylation sites (tertiary alicyclic amines) is 1. The monoisotopic (exact) mass is 742 g/mol. The number of fused-ring (bicyclic) bond motifs is 1. The maximum absolute atomic E-state index is 15.1. The average Bonchev–Trinajstić information content (AvgIpc) is 3.82. The van der Waals surface area contributed by atoms with E-state index < -0.39 is 59.6 Å². The van der Waals surface area contributed by atoms with Gasteiger partial charge in [-0.1, -0.05) is 56.3 Å². The number of esters is 1. The molecule has 11 heteroatoms. The lowest BCUT2D eigenvalue weighted by atomic mass is 9.70. The molecule has 2 bridgehead atoms. The average molecular weight is 743 g/mol. The predicted molar refractivity (Wildman–Crippen MR) is 210 cm³/mol. The molecule has 3 heterocycles. The highest BCUT2D eigenvalue weighted by atomic mass is 16.6. The van der Waals surface area contributed by atoms with Gasteiger partial charge in [0.25, 0.3) is 5.91 Å². The minimum atomic E-state index is -1.31. The van der Waals surface area contributed by atoms with E-state index in [9.17, 15) is 19.5 Å². The molecule has 0 aliphatic carbocycles. The van der Waals surface area contributed by atoms with E-state index in [4.69, 9.17) is 9.47 Å². The molecule has 0 radical (unpaired) electrons. The number of amides is 3. The van der Waals surface area contributed by atoms with Gasteiger partial charge in [0, 0.05) is 37.4 Å². The van der Waals surface area contributed by atoms with Gasteiger partial charge in [-0.15, -0.1) is 13.2 Å². The molecule has 8 atom stereocenters. The molecule has 292 valence electrons. The Labute approximate surface area is 320 Å². The van der Waals surface area contributed by atoms with Crippen LogP contribution in [0.2, 0.25) is 0 Å². The Morgan fingerprint density at radius 1 is 1.04 bits per heavy atom. The number of aliphatic hydroxyl groups is 1. The molecule has 0 unspecified atom stereocenters. The number of hydrogen-bond donors (Lipinski definition) is 2. The molecule has 3 aliphatic heterocycles. The summed E-state index contributed by atoms with van der Waals surface area (Å²) in [7, 11) is 0. The van der Waals surface area contributed by atoms with E-state index in [1.165, 1.54) is 4.90 Å². The van der Waals surface area contributed by atoms with Gasteiger partial charge in [0.1, 0.15) is 17.7 Å². The number of rotatable bonds is 19. The van der Waals surface area contributed by atoms with Gasteiger partial charge in [-0.3, -0.25) is 19.2 Å². The summed E-state index contributed by atoms with van der Waals surface area (Å²) in [5, 5.41) is 13.7. The van der Waals surface area contributed by atoms with Crippen LogP contribution in [0, 0.1) is 17.8 Å². The van der Waals surface area contributed by atoms with Crippen molar-refractivity contribution in [3.05, 3.63) is 85.5 Å². The molecule has 0 saturated carbocycles. The summed E-state index contributed by atoms with van der Waals surface area (Å²) in [6, 6.07) is 14.6. The van der Waals surface area contributed by atoms with Crippen LogP contribution >= 0.6 is 0 Å². The minimum Gasteiger partial charge on any atom is -0.455 e. The van der Waals surface area contributed by atoms with Crippen LogP contribution in [-0.2, 0) is 28.7 Å². The van der Waals surface area contributed by atoms with Crippen molar-refractivity contribution in [2.75, 3.05) is 36.0 Å². The van der Waals surface area contributed by atoms with Crippen molar-refractivity contribution in [3.63, 3.8) is 0 Å². The highest BCUT2D eigenvalue weighted by molar-refractivity contribution is 6.05. The third-order valence-corrected chi connectivity index (χ3v) is 11.2. The molecule has 54 heavy (non-hydrogen) atoms. The smallest absolute Gasteiger partial charge is 0.313 e. The molecule has 2 aromatic carbocycles. The molecule has 3 amide bonds. The molecular weight excluding hydrogens is 684 g/mol. The van der Waals surface area contributed by atoms with E-state index in [0.717, 1.165) is 18.8 Å². The van der Waals surface area contributed by atoms with E-state index in [1.54, 1.807) is 24.0 Å². The summed E-state index contributed by atoms with van der Waals surface area (Å²) in [5.74, 6) is -3.44. The van der Waals surface area contributed by atoms with Gasteiger partial charge < -0.3 is 34.6 Å². The first-order valence-corrected chi connectivity index (χ1v) is 19.5. The van der Waals surface area contributed by atoms with Crippen molar-refractivity contribution >= 4 is 35.1 Å². The number of carbonyl (C=O) groups is 4. The summed E-state index contributed by atoms with van der Waals surface area (Å²) in [5.41, 5.74) is 1.06. The zero-order valence-electron chi connectivity index (χ0n) is 32.5. The van der Waals surface area contributed by atoms with Crippen molar-refractivity contribution in [1.29, 1.82) is 0 Å². The molecule has 1 spiro atoms. The molecule has 5 rings (SSSR count). The van der Waals surface area contributed by atoms with E-state index >= 15 is 4.79 Å². The van der Waals surface area contributed by atoms with Crippen LogP contribution in [0.15, 0.2) is 79.9 Å². The van der Waals surface area contributed by atoms with Crippen LogP contribution in [0.3, 0.4) is 0 Å². The van der Waals surface area contributed by atoms with Crippen molar-refractivity contribution in [2.45, 2.75) is 103 Å². The quantitative estimate of drug-likeness (QED) is 0.141. The summed E-state index contributed by atoms with van der Waals surface area (Å²) < 4.78 is 13.0. The van der Waals surface area contributed by atoms with E-state index in [0.29, 0.717) is 36.9 Å². The fourth-order valence-corrected chi connectivity index (χ4v) is 8.82. The second kappa shape index (κ2) is 17.8. The van der Waals surface area contributed by atoms with Gasteiger partial charge in [-0.2, -0.15) is 0 Å². The Morgan fingerprint density at radius 2 is 1.70 bits per heavy atom. The molecular formula is C43H58N4O7. The maximum Gasteiger partial charge on any atom is 0.313 e. The van der Waals surface area contributed by atoms with Crippen molar-refractivity contribution < 1.29 is 33.8 Å². The normalized spacial score (nSPS) is 24.4. The highest BCUT2D eigenvalue weighted by Crippen LogP contribution is 2.59. The number of carbonyl (C=O) groups excluding carboxylic acids is 4. The number of anilines is 2. The number of ether oxygens (including phenoxy) is 2. The largest absolute Gasteiger partial charge is 0.455 e. The zero-order valence-corrected chi connectivity index (χ0v) is 32.5. The van der Waals surface area contributed by atoms with Gasteiger partial charge in [-0.25, -0.2) is 0 Å². The molecule has 11 nitrogen and oxygen atoms in total. The number of nitrogens with one attached hydrogen (secondary N) is 1. The SMILES string of the molecule is C=CCCC(=O)N[C@H](C)[C@@H](OC(=O)[C@@H]1[C@H]2C(=O)N([C@@H](CO)CC(C)C)[C@H](C(=O)N(CC=C)c3ccc(N(CC)CC)cc3)[C@]23CC[C@H]1O3)c1ccccc1. The molecule has 3 fully saturated rings. The van der Waals surface area contributed by atoms with Crippen molar-refractivity contribution in [3.8, 4) is 0 Å². The second-order valence-corrected chi connectivity index (χ2v) is 15.1. The maximum atomic E-state index is 15.1. The molecule has 2 aromatic rings. The summed E-state index contributed by atoms with van der Waals surface area (Å²) in [6.45, 7) is 19.1. The van der Waals surface area contributed by atoms with Gasteiger partial charge in [0.05, 0.1) is 36.6 Å². The number of hydrogen-bond acceptors (Lipinski definition) is 8. The fourth-order valence-electron chi connectivity index (χ4n) is 8.82. The van der Waals surface area contributed by atoms with E-state index in [2.05, 4.69) is 37.2 Å². The first-order chi connectivity index (χ1) is 26.0. The number of nitrogens with zero attached hydrogens (tertiary/aromatic N) is 3. The summed E-state index contributed by atoms with van der Waals surface area (Å²) in [4.78, 5) is 62.6. The number of benzene rings is 2. The topological polar surface area (TPSA) is 129 Å². The van der Waals surface area contributed by atoms with Crippen molar-refractivity contribution in [2.24, 2.45) is 17.8 Å². The molecule has 3 saturated heterocycles. The highest BCUT2D eigenvalue weighted by Gasteiger charge is 2.75. The first kappa shape index (κ1) is 40.7. The van der Waals surface area contributed by atoms with Crippen LogP contribution in [0.25, 0.3) is 0 Å². The minimum absolute atomic E-state index is 0.105. The third kappa shape index (κ3) is 7.98. The van der Waals surface area contributed by atoms with Gasteiger partial charge in [0.2, 0.25) is 11.8 Å². The Kier molecular flexibility index (Phi) is 13.4. The Morgan fingerprint density at radius 3 is 2.30 bits per heavy atom. The van der Waals surface area contributed by atoms with E-state index in [1.807, 2.05) is 68.4 Å². The zero-order chi connectivity index (χ0) is 39.2. The lowest BCUT2D eigenvalue weighted by molar-refractivity contribution is -0.162. The predicted octanol–water partition coefficient (Wildman–Crippen LogP) is 5.59. The van der Waals surface area contributed by atoms with Crippen LogP contribution in [0.4, 0.5) is 11.4 Å². The Hall–Kier alpha value is -4.48. The number of allylic oxidation sites excluding steroid dienone is 1. The summed E-state index contributed by atoms with van der Waals surface area (Å²) >= 11 is 0. The number of aliphatic hydroxyl groups excluding tert-OH is 1. The van der Waals surface area contributed by atoms with Crippen LogP contribution in [0.1, 0.15) is 78.4 Å². The molecule has 2 N–H and O–H groups in total. The fraction of sp³-hybridized carbons (Fsp3) is 0.535. The van der Waals surface area contributed by atoms with Crippen LogP contribution in [-0.4, -0.2) is 89.8 Å². The lowest BCUT2D eigenvalue weighted by Crippen LogP contribution is -2.59. The van der Waals surface area contributed by atoms with E-state index in [-0.39, 0.29) is 37.3 Å². The second-order valence-electron chi connectivity index (χ2n) is 15.1. The van der Waals surface area contributed by atoms with Gasteiger partial charge in [0.15, 0.2) is 0 Å². The standard InChI is InChI=1S/C43H58N4O7/c1-8-12-18-35(49)44-29(7)38(30-16-14-13-15-17-30)53-42(52)36-34-23-24-43(54-34)37(36)40(50)47(33(27-48)26-28(5)6)39(43)41(51)46(25-9-2)32-21-19-31(20-22-32)45(10-3)11-4/h8-9,13-17,19-22,28-29,33-34,36-39,48H,1-2,10-12,18,23-27H2,3-7H3,(H,44,49)/t29-,33-,34-,36+,37+,38-,39-,43+/m1/s1.